The van der Waals surface area contributed by atoms with Crippen LogP contribution in [-0.2, 0) is 0 Å². The van der Waals surface area contributed by atoms with E-state index in [4.69, 9.17) is 23.8 Å². The van der Waals surface area contributed by atoms with Crippen molar-refractivity contribution in [3.63, 3.8) is 0 Å². The SMILES string of the molecule is Cc1cc(C)cc(NNC(=S)Nc2ccc(Cl)cc2)c1. The highest BCUT2D eigenvalue weighted by Crippen LogP contribution is 2.14. The molecule has 3 N–H and O–H groups in total. The smallest absolute Gasteiger partial charge is 0.189 e. The molecular weight excluding hydrogens is 290 g/mol. The molecule has 0 aliphatic carbocycles. The molecule has 0 unspecified atom stereocenters. The molecule has 20 heavy (non-hydrogen) atoms. The minimum Gasteiger partial charge on any atom is -0.331 e. The summed E-state index contributed by atoms with van der Waals surface area (Å²) in [6.45, 7) is 4.12. The summed E-state index contributed by atoms with van der Waals surface area (Å²) in [6, 6.07) is 13.6. The second kappa shape index (κ2) is 6.59. The highest BCUT2D eigenvalue weighted by atomic mass is 35.5. The Morgan fingerprint density at radius 3 is 2.15 bits per heavy atom. The summed E-state index contributed by atoms with van der Waals surface area (Å²) in [5.74, 6) is 0. The fourth-order valence-corrected chi connectivity index (χ4v) is 2.17. The minimum absolute atomic E-state index is 0.492. The van der Waals surface area contributed by atoms with E-state index in [-0.39, 0.29) is 0 Å². The van der Waals surface area contributed by atoms with Gasteiger partial charge < -0.3 is 5.32 Å². The lowest BCUT2D eigenvalue weighted by Crippen LogP contribution is -2.33. The number of rotatable bonds is 3. The predicted octanol–water partition coefficient (Wildman–Crippen LogP) is 4.27. The number of aryl methyl sites for hydroxylation is 2. The van der Waals surface area contributed by atoms with E-state index in [0.29, 0.717) is 10.1 Å². The monoisotopic (exact) mass is 305 g/mol. The molecule has 0 bridgehead atoms. The summed E-state index contributed by atoms with van der Waals surface area (Å²) in [5, 5.41) is 4.26. The van der Waals surface area contributed by atoms with Gasteiger partial charge in [0.15, 0.2) is 5.11 Å². The molecule has 0 heterocycles. The molecule has 0 saturated heterocycles. The molecule has 0 aliphatic rings. The third-order valence-corrected chi connectivity index (χ3v) is 3.10. The Bertz CT molecular complexity index is 591. The van der Waals surface area contributed by atoms with Crippen LogP contribution in [0.1, 0.15) is 11.1 Å². The number of benzene rings is 2. The third kappa shape index (κ3) is 4.40. The molecule has 2 aromatic carbocycles. The van der Waals surface area contributed by atoms with Crippen LogP contribution in [0.5, 0.6) is 0 Å². The van der Waals surface area contributed by atoms with Gasteiger partial charge >= 0.3 is 0 Å². The molecule has 2 aromatic rings. The predicted molar refractivity (Wildman–Crippen MR) is 90.3 cm³/mol. The first-order valence-corrected chi connectivity index (χ1v) is 6.98. The van der Waals surface area contributed by atoms with Gasteiger partial charge in [-0.2, -0.15) is 0 Å². The van der Waals surface area contributed by atoms with Crippen molar-refractivity contribution in [2.45, 2.75) is 13.8 Å². The molecule has 0 fully saturated rings. The van der Waals surface area contributed by atoms with Gasteiger partial charge in [-0.1, -0.05) is 17.7 Å². The summed E-state index contributed by atoms with van der Waals surface area (Å²) < 4.78 is 0. The summed E-state index contributed by atoms with van der Waals surface area (Å²) in [5.41, 5.74) is 10.3. The molecule has 0 spiro atoms. The summed E-state index contributed by atoms with van der Waals surface area (Å²) in [6.07, 6.45) is 0. The van der Waals surface area contributed by atoms with Gasteiger partial charge in [0.25, 0.3) is 0 Å². The standard InChI is InChI=1S/C15H16ClN3S/c1-10-7-11(2)9-14(8-10)18-19-15(20)17-13-5-3-12(16)4-6-13/h3-9,18H,1-2H3,(H2,17,19,20). The zero-order chi connectivity index (χ0) is 14.5. The van der Waals surface area contributed by atoms with E-state index in [1.54, 1.807) is 0 Å². The summed E-state index contributed by atoms with van der Waals surface area (Å²) in [7, 11) is 0. The second-order valence-corrected chi connectivity index (χ2v) is 5.43. The Morgan fingerprint density at radius 1 is 0.950 bits per heavy atom. The summed E-state index contributed by atoms with van der Waals surface area (Å²) in [4.78, 5) is 0. The number of hydrogen-bond donors (Lipinski definition) is 3. The van der Waals surface area contributed by atoms with Crippen LogP contribution >= 0.6 is 23.8 Å². The van der Waals surface area contributed by atoms with Crippen LogP contribution in [0.3, 0.4) is 0 Å². The first-order valence-electron chi connectivity index (χ1n) is 6.20. The van der Waals surface area contributed by atoms with E-state index >= 15 is 0 Å². The van der Waals surface area contributed by atoms with Crippen molar-refractivity contribution in [3.8, 4) is 0 Å². The zero-order valence-corrected chi connectivity index (χ0v) is 12.9. The van der Waals surface area contributed by atoms with Crippen LogP contribution in [0.4, 0.5) is 11.4 Å². The lowest BCUT2D eigenvalue weighted by Gasteiger charge is -2.13. The fraction of sp³-hybridized carbons (Fsp3) is 0.133. The van der Waals surface area contributed by atoms with Gasteiger partial charge in [0.05, 0.1) is 5.69 Å². The minimum atomic E-state index is 0.492. The normalized spacial score (nSPS) is 9.95. The van der Waals surface area contributed by atoms with Crippen LogP contribution in [0.2, 0.25) is 5.02 Å². The number of halogens is 1. The lowest BCUT2D eigenvalue weighted by molar-refractivity contribution is 1.13. The highest BCUT2D eigenvalue weighted by molar-refractivity contribution is 7.80. The number of nitrogens with one attached hydrogen (secondary N) is 3. The van der Waals surface area contributed by atoms with E-state index in [1.807, 2.05) is 36.4 Å². The number of thiocarbonyl (C=S) groups is 1. The van der Waals surface area contributed by atoms with Crippen LogP contribution < -0.4 is 16.2 Å². The van der Waals surface area contributed by atoms with Gasteiger partial charge in [-0.25, -0.2) is 0 Å². The maximum atomic E-state index is 5.83. The number of hydrogen-bond acceptors (Lipinski definition) is 2. The average Bonchev–Trinajstić information content (AvgIpc) is 2.38. The fourth-order valence-electron chi connectivity index (χ4n) is 1.87. The molecule has 3 nitrogen and oxygen atoms in total. The van der Waals surface area contributed by atoms with Crippen molar-refractivity contribution in [2.75, 3.05) is 10.7 Å². The van der Waals surface area contributed by atoms with Crippen molar-refractivity contribution < 1.29 is 0 Å². The summed E-state index contributed by atoms with van der Waals surface area (Å²) >= 11 is 11.0. The van der Waals surface area contributed by atoms with Crippen molar-refractivity contribution in [1.82, 2.24) is 5.43 Å². The Kier molecular flexibility index (Phi) is 4.82. The lowest BCUT2D eigenvalue weighted by atomic mass is 10.1. The zero-order valence-electron chi connectivity index (χ0n) is 11.3. The number of anilines is 2. The van der Waals surface area contributed by atoms with Gasteiger partial charge in [0.2, 0.25) is 0 Å². The van der Waals surface area contributed by atoms with Crippen LogP contribution in [0.15, 0.2) is 42.5 Å². The Morgan fingerprint density at radius 2 is 1.55 bits per heavy atom. The van der Waals surface area contributed by atoms with Crippen molar-refractivity contribution in [1.29, 1.82) is 0 Å². The van der Waals surface area contributed by atoms with Crippen LogP contribution in [0, 0.1) is 13.8 Å². The Hall–Kier alpha value is -1.78. The van der Waals surface area contributed by atoms with Gasteiger partial charge in [0.1, 0.15) is 0 Å². The van der Waals surface area contributed by atoms with Crippen molar-refractivity contribution in [2.24, 2.45) is 0 Å². The number of hydrazine groups is 1. The van der Waals surface area contributed by atoms with E-state index in [2.05, 4.69) is 36.1 Å². The first-order chi connectivity index (χ1) is 9.52. The molecule has 0 aliphatic heterocycles. The molecule has 0 amide bonds. The molecule has 0 aromatic heterocycles. The quantitative estimate of drug-likeness (QED) is 0.584. The average molecular weight is 306 g/mol. The Balaban J connectivity index is 1.90. The van der Waals surface area contributed by atoms with Crippen LogP contribution in [0.25, 0.3) is 0 Å². The molecular formula is C15H16ClN3S. The first kappa shape index (κ1) is 14.6. The van der Waals surface area contributed by atoms with Gasteiger partial charge in [0, 0.05) is 10.7 Å². The van der Waals surface area contributed by atoms with Crippen molar-refractivity contribution >= 4 is 40.3 Å². The molecule has 0 saturated carbocycles. The molecule has 2 rings (SSSR count). The largest absolute Gasteiger partial charge is 0.331 e. The third-order valence-electron chi connectivity index (χ3n) is 2.64. The molecule has 0 atom stereocenters. The second-order valence-electron chi connectivity index (χ2n) is 4.59. The van der Waals surface area contributed by atoms with E-state index in [0.717, 1.165) is 11.4 Å². The van der Waals surface area contributed by atoms with Gasteiger partial charge in [-0.15, -0.1) is 0 Å². The van der Waals surface area contributed by atoms with E-state index in [9.17, 15) is 0 Å². The van der Waals surface area contributed by atoms with E-state index < -0.39 is 0 Å². The maximum Gasteiger partial charge on any atom is 0.189 e. The van der Waals surface area contributed by atoms with Gasteiger partial charge in [-0.05, 0) is 73.6 Å². The van der Waals surface area contributed by atoms with Crippen LogP contribution in [-0.4, -0.2) is 5.11 Å². The maximum absolute atomic E-state index is 5.83. The van der Waals surface area contributed by atoms with Crippen molar-refractivity contribution in [3.05, 3.63) is 58.6 Å². The van der Waals surface area contributed by atoms with E-state index in [1.165, 1.54) is 11.1 Å². The molecule has 5 heteroatoms. The molecule has 0 radical (unpaired) electrons. The topological polar surface area (TPSA) is 36.1 Å². The molecule has 104 valence electrons. The Labute approximate surface area is 129 Å². The van der Waals surface area contributed by atoms with Gasteiger partial charge in [-0.3, -0.25) is 10.9 Å². The highest BCUT2D eigenvalue weighted by Gasteiger charge is 1.99.